The number of nitrogen functional groups attached to an aromatic ring is 1. The van der Waals surface area contributed by atoms with Crippen molar-refractivity contribution < 1.29 is 9.53 Å². The molecule has 2 atom stereocenters. The van der Waals surface area contributed by atoms with Crippen LogP contribution in [0, 0.1) is 0 Å². The normalized spacial score (nSPS) is 20.8. The van der Waals surface area contributed by atoms with Crippen molar-refractivity contribution in [2.24, 2.45) is 0 Å². The van der Waals surface area contributed by atoms with Crippen LogP contribution in [0.3, 0.4) is 0 Å². The minimum absolute atomic E-state index is 0.106. The monoisotopic (exact) mass is 516 g/mol. The summed E-state index contributed by atoms with van der Waals surface area (Å²) in [5.74, 6) is 0.488. The van der Waals surface area contributed by atoms with Crippen molar-refractivity contribution in [2.75, 3.05) is 36.9 Å². The molecular weight excluding hydrogens is 484 g/mol. The molecule has 0 saturated carbocycles. The molecule has 38 heavy (non-hydrogen) atoms. The number of hydrogen-bond acceptors (Lipinski definition) is 9. The maximum absolute atomic E-state index is 12.0. The molecule has 12 heteroatoms. The van der Waals surface area contributed by atoms with Gasteiger partial charge in [0.1, 0.15) is 11.8 Å². The summed E-state index contributed by atoms with van der Waals surface area (Å²) in [7, 11) is 0. The zero-order chi connectivity index (χ0) is 26.4. The number of aromatic nitrogens is 7. The Morgan fingerprint density at radius 2 is 1.82 bits per heavy atom. The summed E-state index contributed by atoms with van der Waals surface area (Å²) in [5, 5.41) is 13.2. The Balaban J connectivity index is 1.43. The minimum Gasteiger partial charge on any atom is -0.382 e. The second-order valence-electron chi connectivity index (χ2n) is 10.2. The van der Waals surface area contributed by atoms with Crippen LogP contribution in [0.5, 0.6) is 0 Å². The van der Waals surface area contributed by atoms with E-state index in [9.17, 15) is 4.79 Å². The van der Waals surface area contributed by atoms with E-state index < -0.39 is 0 Å². The van der Waals surface area contributed by atoms with Gasteiger partial charge >= 0.3 is 0 Å². The van der Waals surface area contributed by atoms with Crippen molar-refractivity contribution in [3.63, 3.8) is 0 Å². The number of hydrogen-bond donors (Lipinski definition) is 1. The van der Waals surface area contributed by atoms with E-state index in [1.807, 2.05) is 26.5 Å². The molecule has 6 rings (SSSR count). The van der Waals surface area contributed by atoms with Gasteiger partial charge in [-0.25, -0.2) is 14.2 Å². The summed E-state index contributed by atoms with van der Waals surface area (Å²) in [5.41, 5.74) is 11.6. The van der Waals surface area contributed by atoms with E-state index in [4.69, 9.17) is 10.5 Å². The number of fused-ring (bicyclic) bond motifs is 1. The highest BCUT2D eigenvalue weighted by molar-refractivity contribution is 5.91. The van der Waals surface area contributed by atoms with Crippen LogP contribution >= 0.6 is 0 Å². The molecule has 6 heterocycles. The number of carbonyl (C=O) groups is 1. The molecule has 2 saturated heterocycles. The SMILES string of the molecule is CC(=O)N1CC(C)N(c2cncc(-c3cc(-c4cnnn4C4CCOCC4)c4c(N)ncnn34)c2)C(C)C1. The molecule has 2 fully saturated rings. The van der Waals surface area contributed by atoms with Crippen LogP contribution in [0.4, 0.5) is 11.5 Å². The van der Waals surface area contributed by atoms with Crippen LogP contribution in [-0.4, -0.2) is 83.8 Å². The zero-order valence-electron chi connectivity index (χ0n) is 21.9. The van der Waals surface area contributed by atoms with E-state index in [1.54, 1.807) is 13.1 Å². The van der Waals surface area contributed by atoms with Gasteiger partial charge < -0.3 is 20.3 Å². The van der Waals surface area contributed by atoms with E-state index in [0.29, 0.717) is 37.6 Å². The lowest BCUT2D eigenvalue weighted by molar-refractivity contribution is -0.130. The van der Waals surface area contributed by atoms with Crippen LogP contribution < -0.4 is 10.6 Å². The van der Waals surface area contributed by atoms with Crippen molar-refractivity contribution in [3.05, 3.63) is 37.1 Å². The van der Waals surface area contributed by atoms with Gasteiger partial charge in [-0.15, -0.1) is 5.10 Å². The fourth-order valence-electron chi connectivity index (χ4n) is 5.90. The summed E-state index contributed by atoms with van der Waals surface area (Å²) < 4.78 is 9.35. The van der Waals surface area contributed by atoms with Crippen LogP contribution in [0.25, 0.3) is 28.0 Å². The van der Waals surface area contributed by atoms with Gasteiger partial charge in [-0.3, -0.25) is 9.78 Å². The fraction of sp³-hybridized carbons (Fsp3) is 0.462. The minimum atomic E-state index is 0.106. The highest BCUT2D eigenvalue weighted by atomic mass is 16.5. The van der Waals surface area contributed by atoms with E-state index in [-0.39, 0.29) is 24.0 Å². The number of anilines is 2. The van der Waals surface area contributed by atoms with Gasteiger partial charge in [0.05, 0.1) is 35.5 Å². The molecule has 4 aromatic rings. The highest BCUT2D eigenvalue weighted by Gasteiger charge is 2.31. The van der Waals surface area contributed by atoms with Crippen molar-refractivity contribution in [1.82, 2.24) is 39.5 Å². The first-order valence-corrected chi connectivity index (χ1v) is 13.0. The lowest BCUT2D eigenvalue weighted by Gasteiger charge is -2.45. The van der Waals surface area contributed by atoms with Gasteiger partial charge in [0.15, 0.2) is 5.82 Å². The number of amides is 1. The van der Waals surface area contributed by atoms with Crippen molar-refractivity contribution in [2.45, 2.75) is 51.7 Å². The predicted octanol–water partition coefficient (Wildman–Crippen LogP) is 2.43. The van der Waals surface area contributed by atoms with Crippen LogP contribution in [0.1, 0.15) is 39.7 Å². The Morgan fingerprint density at radius 1 is 1.05 bits per heavy atom. The first kappa shape index (κ1) is 24.3. The summed E-state index contributed by atoms with van der Waals surface area (Å²) in [6.07, 6.45) is 8.70. The molecule has 0 radical (unpaired) electrons. The van der Waals surface area contributed by atoms with E-state index in [2.05, 4.69) is 56.3 Å². The first-order valence-electron chi connectivity index (χ1n) is 13.0. The van der Waals surface area contributed by atoms with Crippen molar-refractivity contribution in [3.8, 4) is 22.5 Å². The van der Waals surface area contributed by atoms with Crippen molar-refractivity contribution >= 4 is 22.9 Å². The predicted molar refractivity (Wildman–Crippen MR) is 142 cm³/mol. The molecule has 1 amide bonds. The maximum Gasteiger partial charge on any atom is 0.219 e. The third-order valence-corrected chi connectivity index (χ3v) is 7.65. The molecular formula is C26H32N10O2. The Morgan fingerprint density at radius 3 is 2.55 bits per heavy atom. The molecule has 0 aromatic carbocycles. The number of carbonyl (C=O) groups excluding carboxylic acids is 1. The van der Waals surface area contributed by atoms with Gasteiger partial charge in [0.2, 0.25) is 5.91 Å². The maximum atomic E-state index is 12.0. The van der Waals surface area contributed by atoms with Crippen LogP contribution in [0.2, 0.25) is 0 Å². The van der Waals surface area contributed by atoms with Gasteiger partial charge in [-0.1, -0.05) is 5.21 Å². The fourth-order valence-corrected chi connectivity index (χ4v) is 5.90. The molecule has 198 valence electrons. The topological polar surface area (TPSA) is 133 Å². The lowest BCUT2D eigenvalue weighted by Crippen LogP contribution is -2.58. The number of nitrogens with zero attached hydrogens (tertiary/aromatic N) is 9. The van der Waals surface area contributed by atoms with E-state index in [0.717, 1.165) is 41.0 Å². The number of nitrogens with two attached hydrogens (primary N) is 1. The third-order valence-electron chi connectivity index (χ3n) is 7.65. The average molecular weight is 517 g/mol. The molecule has 2 unspecified atom stereocenters. The van der Waals surface area contributed by atoms with Crippen molar-refractivity contribution in [1.29, 1.82) is 0 Å². The molecule has 0 spiro atoms. The molecule has 0 bridgehead atoms. The smallest absolute Gasteiger partial charge is 0.219 e. The van der Waals surface area contributed by atoms with Gasteiger partial charge in [-0.2, -0.15) is 5.10 Å². The Kier molecular flexibility index (Phi) is 6.18. The second kappa shape index (κ2) is 9.67. The largest absolute Gasteiger partial charge is 0.382 e. The molecule has 2 aliphatic heterocycles. The number of ether oxygens (including phenoxy) is 1. The summed E-state index contributed by atoms with van der Waals surface area (Å²) in [4.78, 5) is 25.1. The van der Waals surface area contributed by atoms with Gasteiger partial charge in [-0.05, 0) is 38.8 Å². The quantitative estimate of drug-likeness (QED) is 0.434. The van der Waals surface area contributed by atoms with Gasteiger partial charge in [0.25, 0.3) is 0 Å². The standard InChI is InChI=1S/C26H32N10O2/c1-16-13-33(18(3)37)14-17(2)34(16)21-8-19(10-28-11-21)23-9-22(25-26(27)29-15-31-36(23)25)24-12-30-32-35(24)20-4-6-38-7-5-20/h8-12,15-17,20H,4-7,13-14H2,1-3H3,(H2,27,29,31). The Labute approximate surface area is 220 Å². The summed E-state index contributed by atoms with van der Waals surface area (Å²) in [6.45, 7) is 8.66. The second-order valence-corrected chi connectivity index (χ2v) is 10.2. The molecule has 2 aliphatic rings. The average Bonchev–Trinajstić information content (AvgIpc) is 3.55. The van der Waals surface area contributed by atoms with E-state index in [1.165, 1.54) is 6.33 Å². The van der Waals surface area contributed by atoms with Crippen LogP contribution in [0.15, 0.2) is 37.1 Å². The van der Waals surface area contributed by atoms with Gasteiger partial charge in [0, 0.05) is 62.6 Å². The summed E-state index contributed by atoms with van der Waals surface area (Å²) in [6, 6.07) is 4.69. The Bertz CT molecular complexity index is 1460. The molecule has 2 N–H and O–H groups in total. The highest BCUT2D eigenvalue weighted by Crippen LogP contribution is 2.37. The molecule has 4 aromatic heterocycles. The van der Waals surface area contributed by atoms with E-state index >= 15 is 0 Å². The molecule has 0 aliphatic carbocycles. The number of pyridine rings is 1. The third kappa shape index (κ3) is 4.14. The Hall–Kier alpha value is -4.06. The number of rotatable bonds is 4. The van der Waals surface area contributed by atoms with Crippen LogP contribution in [-0.2, 0) is 9.53 Å². The summed E-state index contributed by atoms with van der Waals surface area (Å²) >= 11 is 0. The molecule has 12 nitrogen and oxygen atoms in total. The first-order chi connectivity index (χ1) is 18.4. The number of piperazine rings is 1. The lowest BCUT2D eigenvalue weighted by atomic mass is 10.1. The zero-order valence-corrected chi connectivity index (χ0v) is 21.9.